The number of aliphatic hydroxyl groups is 1. The highest BCUT2D eigenvalue weighted by Gasteiger charge is 2.55. The van der Waals surface area contributed by atoms with Gasteiger partial charge in [0.1, 0.15) is 60.2 Å². The molecule has 40 nitrogen and oxygen atoms in total. The van der Waals surface area contributed by atoms with Gasteiger partial charge in [-0.25, -0.2) is 47.7 Å². The first-order valence-corrected chi connectivity index (χ1v) is 46.4. The molecule has 0 saturated carbocycles. The highest BCUT2D eigenvalue weighted by molar-refractivity contribution is 8.54. The Balaban J connectivity index is 0.524. The third kappa shape index (κ3) is 24.1. The predicted molar refractivity (Wildman–Crippen MR) is 447 cm³/mol. The van der Waals surface area contributed by atoms with Crippen molar-refractivity contribution in [3.8, 4) is 22.5 Å². The van der Waals surface area contributed by atoms with E-state index in [4.69, 9.17) is 61.0 Å². The number of halogens is 2. The number of nitrogen functional groups attached to an aromatic ring is 2. The quantitative estimate of drug-likeness (QED) is 0.0102. The fourth-order valence-electron chi connectivity index (χ4n) is 13.9. The molecule has 4 aromatic carbocycles. The molecule has 124 heavy (non-hydrogen) atoms. The Morgan fingerprint density at radius 1 is 0.669 bits per heavy atom. The van der Waals surface area contributed by atoms with Crippen molar-refractivity contribution < 1.29 is 108 Å². The number of para-hydroxylation sites is 1. The number of aromatic nitrogens is 10. The van der Waals surface area contributed by atoms with Crippen LogP contribution in [0.5, 0.6) is 0 Å². The van der Waals surface area contributed by atoms with Crippen molar-refractivity contribution in [3.63, 3.8) is 0 Å². The Kier molecular flexibility index (Phi) is 30.8. The van der Waals surface area contributed by atoms with Crippen LogP contribution in [0.1, 0.15) is 93.4 Å². The predicted octanol–water partition coefficient (Wildman–Crippen LogP) is 7.78. The second-order valence-electron chi connectivity index (χ2n) is 29.3. The summed E-state index contributed by atoms with van der Waals surface area (Å²) in [7, 11) is -2.39. The summed E-state index contributed by atoms with van der Waals surface area (Å²) in [4.78, 5) is 123. The van der Waals surface area contributed by atoms with Crippen LogP contribution in [0.2, 0.25) is 0 Å². The largest absolute Gasteiger partial charge is 0.445 e. The number of benzene rings is 4. The number of nitrogens with zero attached hydrogens (tertiary/aromatic N) is 11. The minimum atomic E-state index is -4.76. The number of carbonyl (C=O) groups is 7. The van der Waals surface area contributed by atoms with Crippen LogP contribution >= 0.6 is 33.2 Å². The van der Waals surface area contributed by atoms with E-state index in [0.717, 1.165) is 29.8 Å². The zero-order chi connectivity index (χ0) is 87.7. The molecule has 7 amide bonds. The van der Waals surface area contributed by atoms with Gasteiger partial charge in [-0.3, -0.25) is 56.1 Å². The van der Waals surface area contributed by atoms with Crippen LogP contribution in [0.15, 0.2) is 128 Å². The van der Waals surface area contributed by atoms with E-state index in [2.05, 4.69) is 71.7 Å². The number of ether oxygens (including phenoxy) is 4. The van der Waals surface area contributed by atoms with Gasteiger partial charge < -0.3 is 90.8 Å². The number of hydrogen-bond acceptors (Lipinski definition) is 30. The molecule has 12 N–H and O–H groups in total. The maximum absolute atomic E-state index is 17.1. The van der Waals surface area contributed by atoms with Gasteiger partial charge in [0.05, 0.1) is 75.8 Å². The molecule has 2 unspecified atom stereocenters. The fourth-order valence-corrected chi connectivity index (χ4v) is 18.7. The number of alkyl halides is 2. The minimum absolute atomic E-state index is 0.00551. The molecular formula is C77H91BF2N19O21P3S. The van der Waals surface area contributed by atoms with E-state index in [1.54, 1.807) is 53.4 Å². The first-order chi connectivity index (χ1) is 59.6. The van der Waals surface area contributed by atoms with E-state index in [-0.39, 0.29) is 148 Å². The summed E-state index contributed by atoms with van der Waals surface area (Å²) in [6.07, 6.45) is -7.66. The molecule has 9 heterocycles. The third-order valence-electron chi connectivity index (χ3n) is 20.1. The average Bonchev–Trinajstić information content (AvgIpc) is 1.48. The molecule has 4 aliphatic heterocycles. The van der Waals surface area contributed by atoms with Gasteiger partial charge in [0.15, 0.2) is 41.9 Å². The topological polar surface area (TPSA) is 527 Å². The second kappa shape index (κ2) is 42.0. The molecule has 2 radical (unpaired) electrons. The van der Waals surface area contributed by atoms with Crippen molar-refractivity contribution in [2.45, 2.75) is 145 Å². The summed E-state index contributed by atoms with van der Waals surface area (Å²) < 4.78 is 129. The number of imidazole rings is 2. The number of anilines is 5. The molecule has 13 rings (SSSR count). The van der Waals surface area contributed by atoms with Crippen LogP contribution in [-0.2, 0) is 109 Å². The molecule has 12 atom stereocenters. The lowest BCUT2D eigenvalue weighted by atomic mass is 9.95. The summed E-state index contributed by atoms with van der Waals surface area (Å²) >= 11 is 0.646. The Hall–Kier alpha value is -10.6. The standard InChI is InChI=1S/C77H91BF2N19O21P3S/c1-121(108,109)114-39-51(100)38-112-33-11-29-85-77(107)113-37-46-19-23-49(24-20-46)92-61(104)35-87-60(103)18-9-8-17-58(101)83-31-28-63(106)96-36-48-12-4-5-13-52(48)69-66(53-14-6-7-15-55(53)96)94-95-99(69)32-10-2-3-16-59(102)86-34-62(105)93-50-25-21-47(22-26-50)42-124-123(111)116-41-57-70(64(79)75(118-57)98-45-91-68-72(82)88-43-89-74(68)98)119-122(78,110)115-40-56-71(120-123)65(80)76(117-56)97-44-90-67-54(81)27-30-84-73(67)97/h4-7,12-15,19-27,30,43-45,51,56-57,64-65,70-71,75-76,100H,2-3,8-11,16-18,28-29,31-42H2,1H3,(H2,81,84)(H,83,101)(H,85,107)(H,86,102)(H,87,103)(H,92,104)(H,93,105)(H,108,109)(H2,82,88,89)/t51?,56-,57-,64-,65-,70-,71-,75-,76-,122+,123+/m1/s1. The fraction of sp³-hybridized carbons (Fsp3) is 0.429. The molecule has 658 valence electrons. The molecule has 3 fully saturated rings. The van der Waals surface area contributed by atoms with Gasteiger partial charge in [0, 0.05) is 93.0 Å². The summed E-state index contributed by atoms with van der Waals surface area (Å²) in [6.45, 7) is -5.19. The van der Waals surface area contributed by atoms with Crippen LogP contribution in [0.4, 0.5) is 42.1 Å². The molecule has 0 spiro atoms. The first-order valence-electron chi connectivity index (χ1n) is 39.6. The molecule has 47 heteroatoms. The van der Waals surface area contributed by atoms with E-state index < -0.39 is 108 Å². The highest BCUT2D eigenvalue weighted by atomic mass is 32.7. The number of nitrogens with two attached hydrogens (primary N) is 2. The maximum atomic E-state index is 17.1. The highest BCUT2D eigenvalue weighted by Crippen LogP contribution is 2.65. The number of hydrogen-bond donors (Lipinski definition) is 10. The lowest BCUT2D eigenvalue weighted by Crippen LogP contribution is -2.37. The number of nitrogens with one attached hydrogen (secondary N) is 6. The van der Waals surface area contributed by atoms with Gasteiger partial charge in [0.25, 0.3) is 7.47 Å². The van der Waals surface area contributed by atoms with Crippen LogP contribution in [-0.4, -0.2) is 217 Å². The van der Waals surface area contributed by atoms with E-state index >= 15 is 13.3 Å². The van der Waals surface area contributed by atoms with Gasteiger partial charge in [0.2, 0.25) is 43.0 Å². The maximum Gasteiger partial charge on any atom is 0.407 e. The molecule has 0 bridgehead atoms. The molecule has 5 aromatic heterocycles. The van der Waals surface area contributed by atoms with Gasteiger partial charge in [-0.15, -0.1) is 5.10 Å². The van der Waals surface area contributed by atoms with Crippen LogP contribution in [0, 0.1) is 0 Å². The number of fused-ring (bicyclic) bond motifs is 9. The molecule has 0 aliphatic carbocycles. The number of amides is 7. The summed E-state index contributed by atoms with van der Waals surface area (Å²) in [5.74, 6) is -2.37. The number of rotatable bonds is 36. The SMILES string of the molecule is [B][P@]1(=O)OC[C@H]2O[C@@H](n3cnc4c(N)ccnc43)[C@H](F)[C@@H]2O[P@@](=O)(SCc2ccc(NC(=O)CNC(=O)CCCCCn3nnc4c3-c3ccccc3CN(C(=O)CCNC(=O)CCCCC(=O)NCC(=O)Nc3ccc(COC(=O)NCCCOCC(O)COP(C)(=O)O)cc3)c3ccccc3-4)cc2)OC[C@H]2O[C@@H](n3cnc4c(N)ncnc43)[C@H](F)[C@@H]2O1. The third-order valence-corrected chi connectivity index (χ3v) is 25.4. The van der Waals surface area contributed by atoms with Crippen molar-refractivity contribution in [2.75, 3.05) is 92.9 Å². The van der Waals surface area contributed by atoms with E-state index in [1.165, 1.54) is 34.1 Å². The smallest absolute Gasteiger partial charge is 0.407 e. The summed E-state index contributed by atoms with van der Waals surface area (Å²) in [6, 6.07) is 29.5. The number of alkyl carbamates (subject to hydrolysis) is 1. The summed E-state index contributed by atoms with van der Waals surface area (Å²) in [5, 5.41) is 35.1. The van der Waals surface area contributed by atoms with Crippen LogP contribution < -0.4 is 48.3 Å². The Morgan fingerprint density at radius 3 is 1.95 bits per heavy atom. The van der Waals surface area contributed by atoms with Gasteiger partial charge in [-0.05, 0) is 96.6 Å². The Morgan fingerprint density at radius 2 is 1.27 bits per heavy atom. The lowest BCUT2D eigenvalue weighted by molar-refractivity contribution is -0.124. The zero-order valence-corrected chi connectivity index (χ0v) is 70.4. The van der Waals surface area contributed by atoms with E-state index in [0.29, 0.717) is 95.9 Å². The van der Waals surface area contributed by atoms with Crippen LogP contribution in [0.3, 0.4) is 0 Å². The number of unbranched alkanes of at least 4 members (excludes halogenated alkanes) is 3. The van der Waals surface area contributed by atoms with Crippen LogP contribution in [0.25, 0.3) is 44.8 Å². The van der Waals surface area contributed by atoms with E-state index in [9.17, 15) is 47.8 Å². The lowest BCUT2D eigenvalue weighted by Gasteiger charge is -2.30. The van der Waals surface area contributed by atoms with Gasteiger partial charge >= 0.3 is 20.5 Å². The Bertz CT molecular complexity index is 5450. The number of carbonyl (C=O) groups excluding carboxylic acids is 7. The Labute approximate surface area is 713 Å². The van der Waals surface area contributed by atoms with Crippen molar-refractivity contribution in [1.82, 2.24) is 70.3 Å². The van der Waals surface area contributed by atoms with Gasteiger partial charge in [-0.2, -0.15) is 0 Å². The zero-order valence-electron chi connectivity index (χ0n) is 66.9. The first kappa shape index (κ1) is 91.2. The molecular weight excluding hydrogens is 1700 g/mol. The number of aryl methyl sites for hydroxylation is 1. The monoisotopic (exact) mass is 1790 g/mol. The van der Waals surface area contributed by atoms with Crippen molar-refractivity contribution in [3.05, 3.63) is 145 Å². The number of pyridine rings is 1. The van der Waals surface area contributed by atoms with Crippen molar-refractivity contribution in [2.24, 2.45) is 0 Å². The molecule has 3 saturated heterocycles. The van der Waals surface area contributed by atoms with E-state index in [1.807, 2.05) is 53.2 Å². The number of aliphatic hydroxyl groups excluding tert-OH is 1. The second-order valence-corrected chi connectivity index (χ2v) is 36.8. The summed E-state index contributed by atoms with van der Waals surface area (Å²) in [5.41, 5.74) is 19.2. The van der Waals surface area contributed by atoms with Crippen molar-refractivity contribution >= 4 is 133 Å². The molecule has 4 aliphatic rings. The molecule has 9 aromatic rings. The van der Waals surface area contributed by atoms with Crippen molar-refractivity contribution in [1.29, 1.82) is 0 Å². The van der Waals surface area contributed by atoms with Gasteiger partial charge in [-0.1, -0.05) is 78.4 Å². The minimum Gasteiger partial charge on any atom is -0.445 e. The average molecular weight is 1790 g/mol. The normalized spacial score (nSPS) is 21.9.